The number of H-pyrrole nitrogens is 1. The van der Waals surface area contributed by atoms with E-state index in [0.29, 0.717) is 0 Å². The first-order valence-electron chi connectivity index (χ1n) is 4.34. The summed E-state index contributed by atoms with van der Waals surface area (Å²) in [7, 11) is 0. The number of rotatable bonds is 1. The molecule has 1 N–H and O–H groups in total. The molecular weight excluding hydrogens is 160 g/mol. The van der Waals surface area contributed by atoms with Gasteiger partial charge in [0.1, 0.15) is 0 Å². The summed E-state index contributed by atoms with van der Waals surface area (Å²) in [6, 6.07) is 6.15. The van der Waals surface area contributed by atoms with E-state index in [4.69, 9.17) is 0 Å². The van der Waals surface area contributed by atoms with Crippen LogP contribution in [0.5, 0.6) is 0 Å². The van der Waals surface area contributed by atoms with E-state index in [9.17, 15) is 0 Å². The van der Waals surface area contributed by atoms with Gasteiger partial charge in [0, 0.05) is 23.7 Å². The molecule has 0 unspecified atom stereocenters. The summed E-state index contributed by atoms with van der Waals surface area (Å²) in [4.78, 5) is 7.41. The third-order valence-corrected chi connectivity index (χ3v) is 2.10. The van der Waals surface area contributed by atoms with E-state index in [0.717, 1.165) is 5.56 Å². The highest BCUT2D eigenvalue weighted by molar-refractivity contribution is 5.62. The van der Waals surface area contributed by atoms with Crippen LogP contribution in [0.1, 0.15) is 11.3 Å². The van der Waals surface area contributed by atoms with Crippen molar-refractivity contribution in [1.82, 2.24) is 9.97 Å². The van der Waals surface area contributed by atoms with E-state index in [-0.39, 0.29) is 0 Å². The second-order valence-corrected chi connectivity index (χ2v) is 3.25. The molecule has 0 saturated carbocycles. The first kappa shape index (κ1) is 8.05. The lowest BCUT2D eigenvalue weighted by Gasteiger charge is -1.98. The minimum atomic E-state index is 1.15. The molecule has 0 fully saturated rings. The number of hydrogen-bond donors (Lipinski definition) is 1. The summed E-state index contributed by atoms with van der Waals surface area (Å²) in [6.45, 7) is 4.17. The van der Waals surface area contributed by atoms with Gasteiger partial charge in [-0.05, 0) is 37.6 Å². The van der Waals surface area contributed by atoms with Gasteiger partial charge in [-0.1, -0.05) is 0 Å². The normalized spacial score (nSPS) is 10.3. The van der Waals surface area contributed by atoms with Crippen molar-refractivity contribution in [2.24, 2.45) is 0 Å². The van der Waals surface area contributed by atoms with Crippen LogP contribution in [-0.4, -0.2) is 9.97 Å². The Bertz CT molecular complexity index is 401. The lowest BCUT2D eigenvalue weighted by Crippen LogP contribution is -1.81. The summed E-state index contributed by atoms with van der Waals surface area (Å²) in [5, 5.41) is 0. The van der Waals surface area contributed by atoms with Crippen LogP contribution in [0.3, 0.4) is 0 Å². The second kappa shape index (κ2) is 3.05. The molecular formula is C11H12N2. The van der Waals surface area contributed by atoms with Crippen LogP contribution in [0.4, 0.5) is 0 Å². The van der Waals surface area contributed by atoms with Gasteiger partial charge in [-0.25, -0.2) is 0 Å². The van der Waals surface area contributed by atoms with Crippen molar-refractivity contribution in [1.29, 1.82) is 0 Å². The molecule has 0 radical (unpaired) electrons. The van der Waals surface area contributed by atoms with E-state index in [1.807, 2.05) is 12.3 Å². The van der Waals surface area contributed by atoms with E-state index >= 15 is 0 Å². The zero-order valence-electron chi connectivity index (χ0n) is 7.83. The zero-order valence-corrected chi connectivity index (χ0v) is 7.83. The molecule has 13 heavy (non-hydrogen) atoms. The molecule has 66 valence electrons. The van der Waals surface area contributed by atoms with Crippen LogP contribution in [0, 0.1) is 13.8 Å². The SMILES string of the molecule is Cc1cc(C)c(-c2cccnc2)[nH]1. The molecule has 2 aromatic rings. The summed E-state index contributed by atoms with van der Waals surface area (Å²) in [5.41, 5.74) is 4.78. The quantitative estimate of drug-likeness (QED) is 0.704. The van der Waals surface area contributed by atoms with Crippen molar-refractivity contribution >= 4 is 0 Å². The number of nitrogens with zero attached hydrogens (tertiary/aromatic N) is 1. The Morgan fingerprint density at radius 3 is 2.69 bits per heavy atom. The maximum absolute atomic E-state index is 4.09. The van der Waals surface area contributed by atoms with E-state index in [1.54, 1.807) is 6.20 Å². The molecule has 0 saturated heterocycles. The molecule has 0 aliphatic heterocycles. The Kier molecular flexibility index (Phi) is 1.89. The average Bonchev–Trinajstić information content (AvgIpc) is 2.47. The van der Waals surface area contributed by atoms with Gasteiger partial charge >= 0.3 is 0 Å². The van der Waals surface area contributed by atoms with Crippen molar-refractivity contribution in [2.75, 3.05) is 0 Å². The largest absolute Gasteiger partial charge is 0.358 e. The van der Waals surface area contributed by atoms with Gasteiger partial charge < -0.3 is 4.98 Å². The molecule has 2 heterocycles. The molecule has 2 rings (SSSR count). The van der Waals surface area contributed by atoms with Crippen molar-refractivity contribution < 1.29 is 0 Å². The highest BCUT2D eigenvalue weighted by Gasteiger charge is 2.03. The molecule has 2 nitrogen and oxygen atoms in total. The monoisotopic (exact) mass is 172 g/mol. The van der Waals surface area contributed by atoms with Crippen molar-refractivity contribution in [3.05, 3.63) is 41.9 Å². The number of pyridine rings is 1. The molecule has 0 aliphatic rings. The van der Waals surface area contributed by atoms with Crippen molar-refractivity contribution in [3.8, 4) is 11.3 Å². The Balaban J connectivity index is 2.53. The highest BCUT2D eigenvalue weighted by atomic mass is 14.7. The molecule has 0 atom stereocenters. The number of aryl methyl sites for hydroxylation is 2. The fraction of sp³-hybridized carbons (Fsp3) is 0.182. The van der Waals surface area contributed by atoms with E-state index in [1.165, 1.54) is 17.0 Å². The summed E-state index contributed by atoms with van der Waals surface area (Å²) >= 11 is 0. The first-order chi connectivity index (χ1) is 6.27. The Labute approximate surface area is 77.6 Å². The van der Waals surface area contributed by atoms with Gasteiger partial charge in [0.05, 0.1) is 5.69 Å². The topological polar surface area (TPSA) is 28.7 Å². The van der Waals surface area contributed by atoms with Crippen molar-refractivity contribution in [2.45, 2.75) is 13.8 Å². The van der Waals surface area contributed by atoms with Gasteiger partial charge in [-0.15, -0.1) is 0 Å². The summed E-state index contributed by atoms with van der Waals surface area (Å²) in [6.07, 6.45) is 3.66. The maximum Gasteiger partial charge on any atom is 0.0501 e. The van der Waals surface area contributed by atoms with Gasteiger partial charge in [-0.3, -0.25) is 4.98 Å². The minimum Gasteiger partial charge on any atom is -0.358 e. The molecule has 0 spiro atoms. The Hall–Kier alpha value is -1.57. The fourth-order valence-corrected chi connectivity index (χ4v) is 1.54. The predicted molar refractivity (Wildman–Crippen MR) is 53.5 cm³/mol. The van der Waals surface area contributed by atoms with Crippen LogP contribution < -0.4 is 0 Å². The molecule has 0 bridgehead atoms. The molecule has 2 heteroatoms. The van der Waals surface area contributed by atoms with Crippen LogP contribution in [-0.2, 0) is 0 Å². The molecule has 0 aliphatic carbocycles. The lowest BCUT2D eigenvalue weighted by molar-refractivity contribution is 1.25. The first-order valence-corrected chi connectivity index (χ1v) is 4.34. The molecule has 0 amide bonds. The van der Waals surface area contributed by atoms with Gasteiger partial charge in [0.2, 0.25) is 0 Å². The number of aromatic amines is 1. The molecule has 0 aromatic carbocycles. The van der Waals surface area contributed by atoms with Crippen LogP contribution in [0.25, 0.3) is 11.3 Å². The summed E-state index contributed by atoms with van der Waals surface area (Å²) < 4.78 is 0. The van der Waals surface area contributed by atoms with Gasteiger partial charge in [0.15, 0.2) is 0 Å². The third kappa shape index (κ3) is 1.47. The lowest BCUT2D eigenvalue weighted by atomic mass is 10.1. The van der Waals surface area contributed by atoms with E-state index < -0.39 is 0 Å². The summed E-state index contributed by atoms with van der Waals surface area (Å²) in [5.74, 6) is 0. The number of hydrogen-bond acceptors (Lipinski definition) is 1. The number of nitrogens with one attached hydrogen (secondary N) is 1. The van der Waals surface area contributed by atoms with E-state index in [2.05, 4.69) is 35.9 Å². The third-order valence-electron chi connectivity index (χ3n) is 2.10. The van der Waals surface area contributed by atoms with Gasteiger partial charge in [0.25, 0.3) is 0 Å². The second-order valence-electron chi connectivity index (χ2n) is 3.25. The highest BCUT2D eigenvalue weighted by Crippen LogP contribution is 2.21. The standard InChI is InChI=1S/C11H12N2/c1-8-6-9(2)13-11(8)10-4-3-5-12-7-10/h3-7,13H,1-2H3. The van der Waals surface area contributed by atoms with Crippen molar-refractivity contribution in [3.63, 3.8) is 0 Å². The van der Waals surface area contributed by atoms with Crippen LogP contribution in [0.15, 0.2) is 30.6 Å². The minimum absolute atomic E-state index is 1.15. The molecule has 2 aromatic heterocycles. The van der Waals surface area contributed by atoms with Crippen LogP contribution in [0.2, 0.25) is 0 Å². The Morgan fingerprint density at radius 1 is 1.31 bits per heavy atom. The smallest absolute Gasteiger partial charge is 0.0501 e. The zero-order chi connectivity index (χ0) is 9.26. The Morgan fingerprint density at radius 2 is 2.15 bits per heavy atom. The maximum atomic E-state index is 4.09. The van der Waals surface area contributed by atoms with Gasteiger partial charge in [-0.2, -0.15) is 0 Å². The predicted octanol–water partition coefficient (Wildman–Crippen LogP) is 2.69. The fourth-order valence-electron chi connectivity index (χ4n) is 1.54. The van der Waals surface area contributed by atoms with Crippen LogP contribution >= 0.6 is 0 Å². The average molecular weight is 172 g/mol. The number of aromatic nitrogens is 2.